The van der Waals surface area contributed by atoms with E-state index in [-0.39, 0.29) is 0 Å². The van der Waals surface area contributed by atoms with Crippen LogP contribution in [-0.4, -0.2) is 14.7 Å². The molecule has 3 aromatic rings. The standard InChI is InChI=1S/C14H12ClN3O/c15-11-4-3-9-5-6-18(12(9)7-11)8-13-16-14(19-17-13)10-1-2-10/h3-7,10H,1-2,8H2. The van der Waals surface area contributed by atoms with Crippen molar-refractivity contribution in [2.75, 3.05) is 0 Å². The third-order valence-electron chi connectivity index (χ3n) is 3.46. The lowest BCUT2D eigenvalue weighted by atomic mass is 10.2. The summed E-state index contributed by atoms with van der Waals surface area (Å²) in [6, 6.07) is 7.93. The maximum atomic E-state index is 6.04. The number of benzene rings is 1. The number of hydrogen-bond donors (Lipinski definition) is 0. The average molecular weight is 274 g/mol. The molecule has 0 spiro atoms. The zero-order valence-corrected chi connectivity index (χ0v) is 11.0. The lowest BCUT2D eigenvalue weighted by Crippen LogP contribution is -1.99. The van der Waals surface area contributed by atoms with Gasteiger partial charge in [0.1, 0.15) is 0 Å². The monoisotopic (exact) mass is 273 g/mol. The van der Waals surface area contributed by atoms with Gasteiger partial charge in [-0.2, -0.15) is 4.98 Å². The lowest BCUT2D eigenvalue weighted by Gasteiger charge is -2.01. The van der Waals surface area contributed by atoms with Crippen LogP contribution in [0.3, 0.4) is 0 Å². The van der Waals surface area contributed by atoms with Gasteiger partial charge in [-0.1, -0.05) is 22.8 Å². The molecule has 1 aromatic carbocycles. The first kappa shape index (κ1) is 11.1. The molecule has 4 nitrogen and oxygen atoms in total. The summed E-state index contributed by atoms with van der Waals surface area (Å²) in [7, 11) is 0. The molecular formula is C14H12ClN3O. The molecule has 0 amide bonds. The second-order valence-electron chi connectivity index (χ2n) is 4.97. The van der Waals surface area contributed by atoms with Crippen molar-refractivity contribution in [2.24, 2.45) is 0 Å². The highest BCUT2D eigenvalue weighted by Crippen LogP contribution is 2.38. The van der Waals surface area contributed by atoms with E-state index in [1.165, 1.54) is 12.8 Å². The Bertz CT molecular complexity index is 742. The van der Waals surface area contributed by atoms with Gasteiger partial charge < -0.3 is 9.09 Å². The number of nitrogens with zero attached hydrogens (tertiary/aromatic N) is 3. The fourth-order valence-electron chi connectivity index (χ4n) is 2.28. The van der Waals surface area contributed by atoms with E-state index in [0.29, 0.717) is 12.5 Å². The third-order valence-corrected chi connectivity index (χ3v) is 3.69. The van der Waals surface area contributed by atoms with Gasteiger partial charge in [-0.05, 0) is 36.4 Å². The lowest BCUT2D eigenvalue weighted by molar-refractivity contribution is 0.373. The normalized spacial score (nSPS) is 15.2. The summed E-state index contributed by atoms with van der Waals surface area (Å²) in [5.74, 6) is 2.00. The number of hydrogen-bond acceptors (Lipinski definition) is 3. The maximum Gasteiger partial charge on any atom is 0.229 e. The molecule has 0 atom stereocenters. The second kappa shape index (κ2) is 4.10. The van der Waals surface area contributed by atoms with Crippen molar-refractivity contribution in [1.82, 2.24) is 14.7 Å². The fourth-order valence-corrected chi connectivity index (χ4v) is 2.44. The molecule has 1 aliphatic carbocycles. The smallest absolute Gasteiger partial charge is 0.229 e. The molecular weight excluding hydrogens is 262 g/mol. The Hall–Kier alpha value is -1.81. The van der Waals surface area contributed by atoms with Gasteiger partial charge in [0.05, 0.1) is 6.54 Å². The van der Waals surface area contributed by atoms with Crippen molar-refractivity contribution in [1.29, 1.82) is 0 Å². The zero-order chi connectivity index (χ0) is 12.8. The number of aromatic nitrogens is 3. The molecule has 2 aromatic heterocycles. The van der Waals surface area contributed by atoms with Crippen molar-refractivity contribution in [2.45, 2.75) is 25.3 Å². The van der Waals surface area contributed by atoms with Gasteiger partial charge in [-0.15, -0.1) is 0 Å². The van der Waals surface area contributed by atoms with Crippen LogP contribution < -0.4 is 0 Å². The van der Waals surface area contributed by atoms with E-state index < -0.39 is 0 Å². The first-order valence-corrected chi connectivity index (χ1v) is 6.74. The van der Waals surface area contributed by atoms with Crippen LogP contribution in [0.2, 0.25) is 5.02 Å². The van der Waals surface area contributed by atoms with Gasteiger partial charge in [0.25, 0.3) is 0 Å². The van der Waals surface area contributed by atoms with E-state index in [9.17, 15) is 0 Å². The summed E-state index contributed by atoms with van der Waals surface area (Å²) < 4.78 is 7.36. The minimum absolute atomic E-state index is 0.497. The molecule has 0 radical (unpaired) electrons. The fraction of sp³-hybridized carbons (Fsp3) is 0.286. The summed E-state index contributed by atoms with van der Waals surface area (Å²) in [5, 5.41) is 5.94. The molecule has 96 valence electrons. The maximum absolute atomic E-state index is 6.04. The van der Waals surface area contributed by atoms with E-state index in [1.807, 2.05) is 24.4 Å². The van der Waals surface area contributed by atoms with Crippen LogP contribution in [0.4, 0.5) is 0 Å². The molecule has 4 rings (SSSR count). The van der Waals surface area contributed by atoms with Gasteiger partial charge in [-0.25, -0.2) is 0 Å². The van der Waals surface area contributed by atoms with Crippen LogP contribution in [0.25, 0.3) is 10.9 Å². The molecule has 0 unspecified atom stereocenters. The molecule has 5 heteroatoms. The van der Waals surface area contributed by atoms with Crippen molar-refractivity contribution in [3.63, 3.8) is 0 Å². The molecule has 0 aliphatic heterocycles. The number of fused-ring (bicyclic) bond motifs is 1. The van der Waals surface area contributed by atoms with Crippen LogP contribution in [-0.2, 0) is 6.54 Å². The summed E-state index contributed by atoms with van der Waals surface area (Å²) in [6.45, 7) is 0.611. The van der Waals surface area contributed by atoms with E-state index in [2.05, 4.69) is 20.8 Å². The van der Waals surface area contributed by atoms with E-state index in [4.69, 9.17) is 16.1 Å². The Morgan fingerprint density at radius 2 is 2.21 bits per heavy atom. The van der Waals surface area contributed by atoms with Gasteiger partial charge in [0, 0.05) is 22.7 Å². The molecule has 1 aliphatic rings. The van der Waals surface area contributed by atoms with Gasteiger partial charge in [0.2, 0.25) is 5.89 Å². The Labute approximate surface area is 115 Å². The summed E-state index contributed by atoms with van der Waals surface area (Å²) in [6.07, 6.45) is 4.36. The first-order valence-electron chi connectivity index (χ1n) is 6.36. The zero-order valence-electron chi connectivity index (χ0n) is 10.2. The number of rotatable bonds is 3. The topological polar surface area (TPSA) is 43.9 Å². The second-order valence-corrected chi connectivity index (χ2v) is 5.41. The Kier molecular flexibility index (Phi) is 2.38. The summed E-state index contributed by atoms with van der Waals surface area (Å²) in [5.41, 5.74) is 1.09. The minimum Gasteiger partial charge on any atom is -0.340 e. The van der Waals surface area contributed by atoms with E-state index >= 15 is 0 Å². The predicted octanol–water partition coefficient (Wildman–Crippen LogP) is 3.60. The van der Waals surface area contributed by atoms with Crippen molar-refractivity contribution in [3.05, 3.63) is 47.2 Å². The molecule has 0 bridgehead atoms. The van der Waals surface area contributed by atoms with E-state index in [1.54, 1.807) is 0 Å². The predicted molar refractivity (Wildman–Crippen MR) is 72.3 cm³/mol. The van der Waals surface area contributed by atoms with Gasteiger partial charge >= 0.3 is 0 Å². The van der Waals surface area contributed by atoms with Crippen LogP contribution in [0.15, 0.2) is 35.0 Å². The Morgan fingerprint density at radius 1 is 1.32 bits per heavy atom. The van der Waals surface area contributed by atoms with Crippen LogP contribution in [0, 0.1) is 0 Å². The number of halogens is 1. The highest BCUT2D eigenvalue weighted by atomic mass is 35.5. The molecule has 0 saturated heterocycles. The van der Waals surface area contributed by atoms with Crippen LogP contribution in [0.5, 0.6) is 0 Å². The summed E-state index contributed by atoms with van der Waals surface area (Å²) in [4.78, 5) is 4.44. The van der Waals surface area contributed by atoms with Crippen molar-refractivity contribution >= 4 is 22.5 Å². The highest BCUT2D eigenvalue weighted by Gasteiger charge is 2.29. The largest absolute Gasteiger partial charge is 0.340 e. The molecule has 19 heavy (non-hydrogen) atoms. The molecule has 0 N–H and O–H groups in total. The SMILES string of the molecule is Clc1ccc2ccn(Cc3noc(C4CC4)n3)c2c1. The third kappa shape index (κ3) is 2.02. The highest BCUT2D eigenvalue weighted by molar-refractivity contribution is 6.31. The average Bonchev–Trinajstić information content (AvgIpc) is 3.04. The van der Waals surface area contributed by atoms with E-state index in [0.717, 1.165) is 27.6 Å². The van der Waals surface area contributed by atoms with Crippen LogP contribution in [0.1, 0.15) is 30.5 Å². The Balaban J connectivity index is 1.67. The van der Waals surface area contributed by atoms with Gasteiger partial charge in [-0.3, -0.25) is 0 Å². The molecule has 1 saturated carbocycles. The van der Waals surface area contributed by atoms with Gasteiger partial charge in [0.15, 0.2) is 5.82 Å². The minimum atomic E-state index is 0.497. The Morgan fingerprint density at radius 3 is 3.05 bits per heavy atom. The first-order chi connectivity index (χ1) is 9.29. The van der Waals surface area contributed by atoms with Crippen molar-refractivity contribution in [3.8, 4) is 0 Å². The summed E-state index contributed by atoms with van der Waals surface area (Å²) >= 11 is 6.04. The molecule has 2 heterocycles. The quantitative estimate of drug-likeness (QED) is 0.732. The van der Waals surface area contributed by atoms with Crippen LogP contribution >= 0.6 is 11.6 Å². The van der Waals surface area contributed by atoms with Crippen molar-refractivity contribution < 1.29 is 4.52 Å². The molecule has 1 fully saturated rings.